The highest BCUT2D eigenvalue weighted by atomic mass is 35.5. The number of aryl methyl sites for hydroxylation is 1. The van der Waals surface area contributed by atoms with Crippen LogP contribution in [0.3, 0.4) is 0 Å². The molecule has 0 atom stereocenters. The Kier molecular flexibility index (Phi) is 2.30. The zero-order chi connectivity index (χ0) is 10.1. The van der Waals surface area contributed by atoms with Crippen LogP contribution < -0.4 is 0 Å². The molecule has 0 fully saturated rings. The highest BCUT2D eigenvalue weighted by molar-refractivity contribution is 6.35. The van der Waals surface area contributed by atoms with E-state index in [-0.39, 0.29) is 0 Å². The molecular weight excluding hydrogens is 198 g/mol. The lowest BCUT2D eigenvalue weighted by molar-refractivity contribution is -0.108. The van der Waals surface area contributed by atoms with Gasteiger partial charge in [0.1, 0.15) is 6.29 Å². The molecule has 1 heterocycles. The van der Waals surface area contributed by atoms with E-state index in [1.54, 1.807) is 0 Å². The van der Waals surface area contributed by atoms with Crippen LogP contribution in [0.25, 0.3) is 10.9 Å². The first-order chi connectivity index (χ1) is 6.74. The fraction of sp³-hybridized carbons (Fsp3) is 0.182. The molecule has 0 amide bonds. The molecule has 0 saturated carbocycles. The number of nitrogens with zero attached hydrogens (tertiary/aromatic N) is 1. The Bertz CT molecular complexity index is 487. The smallest absolute Gasteiger partial charge is 0.139 e. The Morgan fingerprint density at radius 1 is 1.50 bits per heavy atom. The molecule has 0 aliphatic heterocycles. The fourth-order valence-corrected chi connectivity index (χ4v) is 2.00. The number of aldehydes is 1. The molecule has 0 bridgehead atoms. The number of hydrogen-bond donors (Lipinski definition) is 0. The third kappa shape index (κ3) is 1.32. The van der Waals surface area contributed by atoms with Crippen molar-refractivity contribution < 1.29 is 4.79 Å². The summed E-state index contributed by atoms with van der Waals surface area (Å²) in [5.74, 6) is 0. The van der Waals surface area contributed by atoms with Gasteiger partial charge >= 0.3 is 0 Å². The molecule has 2 rings (SSSR count). The first-order valence-corrected chi connectivity index (χ1v) is 4.79. The molecular formula is C11H10ClNO. The van der Waals surface area contributed by atoms with Crippen molar-refractivity contribution in [2.75, 3.05) is 0 Å². The highest BCUT2D eigenvalue weighted by Crippen LogP contribution is 2.27. The molecule has 1 aromatic heterocycles. The zero-order valence-corrected chi connectivity index (χ0v) is 8.58. The monoisotopic (exact) mass is 207 g/mol. The molecule has 2 nitrogen and oxygen atoms in total. The van der Waals surface area contributed by atoms with E-state index in [0.29, 0.717) is 11.6 Å². The van der Waals surface area contributed by atoms with E-state index in [1.165, 1.54) is 0 Å². The summed E-state index contributed by atoms with van der Waals surface area (Å²) < 4.78 is 1.88. The quantitative estimate of drug-likeness (QED) is 0.695. The number of fused-ring (bicyclic) bond motifs is 1. The zero-order valence-electron chi connectivity index (χ0n) is 7.83. The van der Waals surface area contributed by atoms with Crippen LogP contribution in [-0.4, -0.2) is 10.9 Å². The van der Waals surface area contributed by atoms with E-state index >= 15 is 0 Å². The number of hydrogen-bond acceptors (Lipinski definition) is 1. The minimum absolute atomic E-state index is 0.355. The number of halogens is 1. The van der Waals surface area contributed by atoms with Gasteiger partial charge in [-0.2, -0.15) is 0 Å². The Morgan fingerprint density at radius 3 is 3.00 bits per heavy atom. The summed E-state index contributed by atoms with van der Waals surface area (Å²) in [4.78, 5) is 10.5. The maximum Gasteiger partial charge on any atom is 0.139 e. The van der Waals surface area contributed by atoms with Crippen LogP contribution in [0.1, 0.15) is 5.56 Å². The predicted molar refractivity (Wildman–Crippen MR) is 57.7 cm³/mol. The maximum absolute atomic E-state index is 10.5. The number of carbonyl (C=O) groups excluding carboxylic acids is 1. The normalized spacial score (nSPS) is 10.7. The summed E-state index contributed by atoms with van der Waals surface area (Å²) in [6.07, 6.45) is 2.83. The Hall–Kier alpha value is -1.28. The number of rotatable bonds is 2. The minimum atomic E-state index is 0.355. The summed E-state index contributed by atoms with van der Waals surface area (Å²) in [5.41, 5.74) is 2.09. The largest absolute Gasteiger partial charge is 0.339 e. The van der Waals surface area contributed by atoms with Crippen LogP contribution in [-0.2, 0) is 11.3 Å². The molecule has 14 heavy (non-hydrogen) atoms. The second kappa shape index (κ2) is 3.46. The second-order valence-corrected chi connectivity index (χ2v) is 3.67. The number of carbonyl (C=O) groups is 1. The molecule has 0 aliphatic carbocycles. The number of benzene rings is 1. The van der Waals surface area contributed by atoms with Crippen LogP contribution in [0.4, 0.5) is 0 Å². The molecule has 2 aromatic rings. The van der Waals surface area contributed by atoms with E-state index < -0.39 is 0 Å². The SMILES string of the molecule is Cc1cn(CC=O)c2c(Cl)cccc12. The first kappa shape index (κ1) is 9.28. The van der Waals surface area contributed by atoms with E-state index in [1.807, 2.05) is 35.9 Å². The van der Waals surface area contributed by atoms with Gasteiger partial charge in [-0.15, -0.1) is 0 Å². The molecule has 72 valence electrons. The van der Waals surface area contributed by atoms with Crippen molar-refractivity contribution in [3.63, 3.8) is 0 Å². The van der Waals surface area contributed by atoms with Gasteiger partial charge in [-0.05, 0) is 18.6 Å². The number of para-hydroxylation sites is 1. The van der Waals surface area contributed by atoms with Crippen LogP contribution in [0, 0.1) is 6.92 Å². The highest BCUT2D eigenvalue weighted by Gasteiger charge is 2.07. The lowest BCUT2D eigenvalue weighted by Crippen LogP contribution is -1.96. The lowest BCUT2D eigenvalue weighted by Gasteiger charge is -2.00. The molecule has 0 N–H and O–H groups in total. The Morgan fingerprint density at radius 2 is 2.29 bits per heavy atom. The van der Waals surface area contributed by atoms with E-state index in [9.17, 15) is 4.79 Å². The van der Waals surface area contributed by atoms with Crippen LogP contribution >= 0.6 is 11.6 Å². The van der Waals surface area contributed by atoms with Gasteiger partial charge in [0.15, 0.2) is 0 Å². The van der Waals surface area contributed by atoms with Crippen LogP contribution in [0.5, 0.6) is 0 Å². The lowest BCUT2D eigenvalue weighted by atomic mass is 10.2. The van der Waals surface area contributed by atoms with Crippen molar-refractivity contribution in [1.82, 2.24) is 4.57 Å². The van der Waals surface area contributed by atoms with Crippen molar-refractivity contribution in [2.45, 2.75) is 13.5 Å². The summed E-state index contributed by atoms with van der Waals surface area (Å²) in [7, 11) is 0. The van der Waals surface area contributed by atoms with Gasteiger partial charge in [-0.3, -0.25) is 0 Å². The van der Waals surface area contributed by atoms with Gasteiger partial charge in [-0.1, -0.05) is 23.7 Å². The standard InChI is InChI=1S/C11H10ClNO/c1-8-7-13(5-6-14)11-9(8)3-2-4-10(11)12/h2-4,6-7H,5H2,1H3. The van der Waals surface area contributed by atoms with E-state index in [0.717, 1.165) is 22.8 Å². The van der Waals surface area contributed by atoms with Crippen molar-refractivity contribution in [3.05, 3.63) is 35.0 Å². The van der Waals surface area contributed by atoms with Gasteiger partial charge in [0.25, 0.3) is 0 Å². The average molecular weight is 208 g/mol. The summed E-state index contributed by atoms with van der Waals surface area (Å²) >= 11 is 6.07. The molecule has 0 spiro atoms. The maximum atomic E-state index is 10.5. The summed E-state index contributed by atoms with van der Waals surface area (Å²) in [5, 5.41) is 1.80. The van der Waals surface area contributed by atoms with E-state index in [2.05, 4.69) is 0 Å². The van der Waals surface area contributed by atoms with Gasteiger partial charge in [-0.25, -0.2) is 0 Å². The second-order valence-electron chi connectivity index (χ2n) is 3.27. The van der Waals surface area contributed by atoms with Crippen molar-refractivity contribution in [1.29, 1.82) is 0 Å². The van der Waals surface area contributed by atoms with Crippen molar-refractivity contribution in [3.8, 4) is 0 Å². The predicted octanol–water partition coefficient (Wildman–Crippen LogP) is 2.80. The molecule has 0 aliphatic rings. The van der Waals surface area contributed by atoms with Crippen molar-refractivity contribution in [2.24, 2.45) is 0 Å². The van der Waals surface area contributed by atoms with Gasteiger partial charge in [0, 0.05) is 11.6 Å². The molecule has 0 radical (unpaired) electrons. The minimum Gasteiger partial charge on any atom is -0.339 e. The van der Waals surface area contributed by atoms with Gasteiger partial charge < -0.3 is 9.36 Å². The topological polar surface area (TPSA) is 22.0 Å². The molecule has 3 heteroatoms. The summed E-state index contributed by atoms with van der Waals surface area (Å²) in [6, 6.07) is 5.77. The number of aromatic nitrogens is 1. The van der Waals surface area contributed by atoms with Gasteiger partial charge in [0.2, 0.25) is 0 Å². The third-order valence-corrected chi connectivity index (χ3v) is 2.62. The van der Waals surface area contributed by atoms with Crippen molar-refractivity contribution >= 4 is 28.8 Å². The first-order valence-electron chi connectivity index (χ1n) is 4.41. The Labute approximate surface area is 87.1 Å². The molecule has 1 aromatic carbocycles. The van der Waals surface area contributed by atoms with E-state index in [4.69, 9.17) is 11.6 Å². The van der Waals surface area contributed by atoms with Crippen LogP contribution in [0.15, 0.2) is 24.4 Å². The fourth-order valence-electron chi connectivity index (χ4n) is 1.72. The molecule has 0 unspecified atom stereocenters. The van der Waals surface area contributed by atoms with Gasteiger partial charge in [0.05, 0.1) is 17.1 Å². The summed E-state index contributed by atoms with van der Waals surface area (Å²) in [6.45, 7) is 2.37. The van der Waals surface area contributed by atoms with Crippen LogP contribution in [0.2, 0.25) is 5.02 Å². The Balaban J connectivity index is 2.78. The average Bonchev–Trinajstić information content (AvgIpc) is 2.46. The molecule has 0 saturated heterocycles. The third-order valence-electron chi connectivity index (χ3n) is 2.32.